The van der Waals surface area contributed by atoms with E-state index in [4.69, 9.17) is 5.11 Å². The molecule has 0 radical (unpaired) electrons. The first-order chi connectivity index (χ1) is 5.77. The molecule has 0 unspecified atom stereocenters. The van der Waals surface area contributed by atoms with E-state index in [0.29, 0.717) is 4.49 Å². The third kappa shape index (κ3) is 7.67. The average Bonchev–Trinajstić information content (AvgIpc) is 1.81. The number of aliphatic hydroxyl groups excluding tert-OH is 1. The van der Waals surface area contributed by atoms with Crippen molar-refractivity contribution in [3.63, 3.8) is 0 Å². The summed E-state index contributed by atoms with van der Waals surface area (Å²) in [6.45, 7) is -0.814. The van der Waals surface area contributed by atoms with E-state index in [0.717, 1.165) is 0 Å². The van der Waals surface area contributed by atoms with Gasteiger partial charge in [-0.1, -0.05) is 4.49 Å². The van der Waals surface area contributed by atoms with Crippen molar-refractivity contribution in [3.8, 4) is 12.0 Å². The molecule has 0 spiro atoms. The minimum Gasteiger partial charge on any atom is -0.462 e. The second-order valence-electron chi connectivity index (χ2n) is 1.56. The van der Waals surface area contributed by atoms with Crippen LogP contribution in [0.25, 0.3) is 0 Å². The zero-order chi connectivity index (χ0) is 10.5. The summed E-state index contributed by atoms with van der Waals surface area (Å²) in [5.41, 5.74) is 0. The predicted octanol–water partition coefficient (Wildman–Crippen LogP) is 0.218. The SMILES string of the molecule is O=P(F)(F)NS(=O)(=O)OCC#CO. The fourth-order valence-corrected chi connectivity index (χ4v) is 1.76. The molecule has 10 heteroatoms. The first-order valence-electron chi connectivity index (χ1n) is 2.56. The molecule has 13 heavy (non-hydrogen) atoms. The number of hydrogen-bond donors (Lipinski definition) is 2. The summed E-state index contributed by atoms with van der Waals surface area (Å²) in [4.78, 5) is 0. The molecule has 0 saturated heterocycles. The van der Waals surface area contributed by atoms with Gasteiger partial charge in [0.05, 0.1) is 0 Å². The highest BCUT2D eigenvalue weighted by Crippen LogP contribution is 2.44. The number of nitrogens with one attached hydrogen (secondary N) is 1. The summed E-state index contributed by atoms with van der Waals surface area (Å²) in [7, 11) is -10.7. The molecular formula is C3H4F2NO5PS. The molecule has 0 aromatic rings. The van der Waals surface area contributed by atoms with Crippen LogP contribution in [0.15, 0.2) is 0 Å². The summed E-state index contributed by atoms with van der Waals surface area (Å²) in [6.07, 6.45) is 1.28. The molecular weight excluding hydrogens is 231 g/mol. The quantitative estimate of drug-likeness (QED) is 0.537. The lowest BCUT2D eigenvalue weighted by molar-refractivity contribution is 0.356. The van der Waals surface area contributed by atoms with E-state index in [1.165, 1.54) is 6.11 Å². The molecule has 0 aliphatic carbocycles. The molecule has 6 nitrogen and oxygen atoms in total. The summed E-state index contributed by atoms with van der Waals surface area (Å²) in [5.74, 6) is 1.72. The maximum Gasteiger partial charge on any atom is 0.495 e. The second-order valence-corrected chi connectivity index (χ2v) is 4.36. The topological polar surface area (TPSA) is 92.7 Å². The van der Waals surface area contributed by atoms with Gasteiger partial charge in [0.1, 0.15) is 12.7 Å². The third-order valence-corrected chi connectivity index (χ3v) is 2.76. The van der Waals surface area contributed by atoms with Gasteiger partial charge in [0.2, 0.25) is 0 Å². The second kappa shape index (κ2) is 4.53. The van der Waals surface area contributed by atoms with E-state index >= 15 is 0 Å². The van der Waals surface area contributed by atoms with E-state index in [1.807, 2.05) is 0 Å². The van der Waals surface area contributed by atoms with Crippen LogP contribution < -0.4 is 4.49 Å². The van der Waals surface area contributed by atoms with Crippen molar-refractivity contribution >= 4 is 18.2 Å². The highest BCUT2D eigenvalue weighted by molar-refractivity contribution is 7.90. The summed E-state index contributed by atoms with van der Waals surface area (Å²) >= 11 is 0. The molecule has 0 heterocycles. The zero-order valence-corrected chi connectivity index (χ0v) is 7.61. The van der Waals surface area contributed by atoms with Gasteiger partial charge in [-0.05, 0) is 5.92 Å². The van der Waals surface area contributed by atoms with E-state index in [2.05, 4.69) is 4.18 Å². The van der Waals surface area contributed by atoms with Crippen LogP contribution in [0, 0.1) is 12.0 Å². The van der Waals surface area contributed by atoms with Crippen LogP contribution in [0.4, 0.5) is 8.39 Å². The molecule has 0 aliphatic heterocycles. The zero-order valence-electron chi connectivity index (χ0n) is 5.90. The minimum absolute atomic E-state index is 0.477. The Morgan fingerprint density at radius 1 is 1.54 bits per heavy atom. The van der Waals surface area contributed by atoms with Crippen molar-refractivity contribution in [2.24, 2.45) is 0 Å². The van der Waals surface area contributed by atoms with Crippen molar-refractivity contribution in [1.82, 2.24) is 4.49 Å². The van der Waals surface area contributed by atoms with Crippen molar-refractivity contribution in [3.05, 3.63) is 0 Å². The van der Waals surface area contributed by atoms with Crippen LogP contribution in [-0.2, 0) is 19.1 Å². The Bertz CT molecular complexity index is 363. The van der Waals surface area contributed by atoms with Crippen LogP contribution in [-0.4, -0.2) is 20.1 Å². The van der Waals surface area contributed by atoms with E-state index in [-0.39, 0.29) is 0 Å². The van der Waals surface area contributed by atoms with E-state index in [1.54, 1.807) is 5.92 Å². The van der Waals surface area contributed by atoms with Gasteiger partial charge in [-0.15, -0.1) is 8.39 Å². The fourth-order valence-electron chi connectivity index (χ4n) is 0.296. The molecule has 0 fully saturated rings. The Hall–Kier alpha value is -0.680. The van der Waals surface area contributed by atoms with Crippen LogP contribution in [0.3, 0.4) is 0 Å². The Balaban J connectivity index is 4.24. The van der Waals surface area contributed by atoms with Crippen molar-refractivity contribution in [1.29, 1.82) is 0 Å². The van der Waals surface area contributed by atoms with Gasteiger partial charge in [0.15, 0.2) is 0 Å². The van der Waals surface area contributed by atoms with Crippen LogP contribution in [0.1, 0.15) is 0 Å². The summed E-state index contributed by atoms with van der Waals surface area (Å²) < 4.78 is 57.9. The highest BCUT2D eigenvalue weighted by atomic mass is 32.2. The van der Waals surface area contributed by atoms with Crippen molar-refractivity contribution in [2.75, 3.05) is 6.61 Å². The van der Waals surface area contributed by atoms with Gasteiger partial charge in [0, 0.05) is 0 Å². The molecule has 0 aromatic heterocycles. The largest absolute Gasteiger partial charge is 0.495 e. The predicted molar refractivity (Wildman–Crippen MR) is 37.5 cm³/mol. The first kappa shape index (κ1) is 12.3. The van der Waals surface area contributed by atoms with Gasteiger partial charge in [0.25, 0.3) is 0 Å². The fraction of sp³-hybridized carbons (Fsp3) is 0.333. The van der Waals surface area contributed by atoms with E-state index < -0.39 is 24.8 Å². The summed E-state index contributed by atoms with van der Waals surface area (Å²) in [6, 6.07) is 0. The monoisotopic (exact) mass is 235 g/mol. The lowest BCUT2D eigenvalue weighted by atomic mass is 10.8. The molecule has 0 atom stereocenters. The lowest BCUT2D eigenvalue weighted by Gasteiger charge is -2.01. The van der Waals surface area contributed by atoms with Crippen LogP contribution >= 0.6 is 7.91 Å². The minimum atomic E-state index is -5.91. The molecule has 0 saturated carbocycles. The van der Waals surface area contributed by atoms with Gasteiger partial charge >= 0.3 is 18.2 Å². The molecule has 2 N–H and O–H groups in total. The smallest absolute Gasteiger partial charge is 0.462 e. The van der Waals surface area contributed by atoms with Gasteiger partial charge in [-0.2, -0.15) is 8.42 Å². The van der Waals surface area contributed by atoms with Gasteiger partial charge in [-0.25, -0.2) is 8.75 Å². The molecule has 0 bridgehead atoms. The molecule has 76 valence electrons. The molecule has 0 amide bonds. The molecule has 0 aliphatic rings. The Morgan fingerprint density at radius 3 is 2.46 bits per heavy atom. The maximum atomic E-state index is 11.6. The third-order valence-electron chi connectivity index (χ3n) is 0.583. The number of aliphatic hydroxyl groups is 1. The Labute approximate surface area is 72.8 Å². The van der Waals surface area contributed by atoms with Crippen LogP contribution in [0.5, 0.6) is 0 Å². The number of hydrogen-bond acceptors (Lipinski definition) is 5. The van der Waals surface area contributed by atoms with Crippen molar-refractivity contribution in [2.45, 2.75) is 0 Å². The van der Waals surface area contributed by atoms with E-state index in [9.17, 15) is 21.4 Å². The molecule has 0 aromatic carbocycles. The molecule has 0 rings (SSSR count). The Morgan fingerprint density at radius 2 is 2.08 bits per heavy atom. The van der Waals surface area contributed by atoms with Crippen LogP contribution in [0.2, 0.25) is 0 Å². The standard InChI is InChI=1S/C3H4F2NO5PS/c4-12(5,8)6-13(9,10)11-3-1-2-7/h7H,3H2,(H,6,8). The maximum absolute atomic E-state index is 11.6. The highest BCUT2D eigenvalue weighted by Gasteiger charge is 2.27. The lowest BCUT2D eigenvalue weighted by Crippen LogP contribution is -2.20. The van der Waals surface area contributed by atoms with Crippen molar-refractivity contribution < 1.29 is 30.7 Å². The number of halogens is 2. The first-order valence-corrected chi connectivity index (χ1v) is 5.46. The average molecular weight is 235 g/mol. The Kier molecular flexibility index (Phi) is 4.29. The number of rotatable bonds is 4. The normalized spacial score (nSPS) is 11.8. The van der Waals surface area contributed by atoms with Gasteiger partial charge in [-0.3, -0.25) is 0 Å². The van der Waals surface area contributed by atoms with Gasteiger partial charge < -0.3 is 5.11 Å². The summed E-state index contributed by atoms with van der Waals surface area (Å²) in [5, 5.41) is 7.84.